The minimum Gasteiger partial charge on any atom is -0.546 e. The van der Waals surface area contributed by atoms with Crippen molar-refractivity contribution in [3.05, 3.63) is 120 Å². The highest BCUT2D eigenvalue weighted by Gasteiger charge is 2.62. The van der Waals surface area contributed by atoms with E-state index in [1.807, 2.05) is 11.8 Å². The molecule has 0 fully saturated rings. The molecule has 1 heterocycles. The largest absolute Gasteiger partial charge is 0.546 e. The predicted octanol–water partition coefficient (Wildman–Crippen LogP) is 1.95. The Morgan fingerprint density at radius 3 is 1.37 bits per heavy atom. The molecule has 1 aliphatic heterocycles. The Kier molecular flexibility index (Phi) is 10.4. The number of likely N-dealkylation sites (N-methyl/N-ethyl adjacent to an activating group) is 1. The predicted molar refractivity (Wildman–Crippen MR) is 169 cm³/mol. The first kappa shape index (κ1) is 34.1. The second kappa shape index (κ2) is 14.1. The summed E-state index contributed by atoms with van der Waals surface area (Å²) in [6, 6.07) is 30.3. The van der Waals surface area contributed by atoms with Crippen LogP contribution in [0.15, 0.2) is 119 Å². The Balaban J connectivity index is 0.000000215. The van der Waals surface area contributed by atoms with E-state index in [0.717, 1.165) is 30.8 Å². The number of rotatable bonds is 10. The maximum atomic E-state index is 12.5. The van der Waals surface area contributed by atoms with Crippen LogP contribution in [0.5, 0.6) is 0 Å². The number of nitrogens with zero attached hydrogens (tertiary/aromatic N) is 2. The zero-order chi connectivity index (χ0) is 33.6. The molecule has 46 heavy (non-hydrogen) atoms. The Bertz CT molecular complexity index is 1610. The third-order valence-electron chi connectivity index (χ3n) is 7.70. The summed E-state index contributed by atoms with van der Waals surface area (Å²) in [7, 11) is 4.28. The smallest absolute Gasteiger partial charge is 0.209 e. The molecule has 0 saturated carbocycles. The van der Waals surface area contributed by atoms with Crippen molar-refractivity contribution in [3.63, 3.8) is 0 Å². The van der Waals surface area contributed by atoms with Gasteiger partial charge in [-0.05, 0) is 45.3 Å². The van der Waals surface area contributed by atoms with Crippen LogP contribution >= 0.6 is 11.8 Å². The van der Waals surface area contributed by atoms with Crippen LogP contribution in [-0.2, 0) is 9.59 Å². The second-order valence-electron chi connectivity index (χ2n) is 10.8. The van der Waals surface area contributed by atoms with Crippen molar-refractivity contribution in [2.45, 2.75) is 34.0 Å². The summed E-state index contributed by atoms with van der Waals surface area (Å²) in [5.41, 5.74) is -6.52. The number of benzene rings is 4. The Hall–Kier alpha value is -4.81. The summed E-state index contributed by atoms with van der Waals surface area (Å²) in [6.07, 6.45) is 0. The van der Waals surface area contributed by atoms with Crippen LogP contribution in [0, 0.1) is 0 Å². The molecule has 3 atom stereocenters. The van der Waals surface area contributed by atoms with Crippen LogP contribution in [0.1, 0.15) is 27.6 Å². The summed E-state index contributed by atoms with van der Waals surface area (Å²) < 4.78 is 0. The molecule has 11 heteroatoms. The fourth-order valence-corrected chi connectivity index (χ4v) is 5.91. The van der Waals surface area contributed by atoms with Crippen molar-refractivity contribution in [3.8, 4) is 0 Å². The van der Waals surface area contributed by atoms with Crippen LogP contribution in [-0.4, -0.2) is 76.5 Å². The number of Topliss-reactive ketones (excluding diaryl/α,β-unsaturated/α-hetero) is 2. The monoisotopic (exact) mass is 640 g/mol. The van der Waals surface area contributed by atoms with Crippen molar-refractivity contribution < 1.29 is 39.6 Å². The topological polar surface area (TPSA) is 161 Å². The minimum absolute atomic E-state index is 0.459. The van der Waals surface area contributed by atoms with E-state index in [1.54, 1.807) is 0 Å². The Morgan fingerprint density at radius 1 is 0.674 bits per heavy atom. The summed E-state index contributed by atoms with van der Waals surface area (Å²) in [5.74, 6) is -8.81. The molecule has 1 unspecified atom stereocenters. The summed E-state index contributed by atoms with van der Waals surface area (Å²) in [5, 5.41) is 43.9. The minimum atomic E-state index is -4.12. The third-order valence-corrected chi connectivity index (χ3v) is 8.83. The van der Waals surface area contributed by atoms with Gasteiger partial charge in [-0.25, -0.2) is 0 Å². The normalized spacial score (nSPS) is 15.1. The number of aliphatic carboxylic acids is 2. The van der Waals surface area contributed by atoms with Gasteiger partial charge in [-0.15, -0.1) is 0 Å². The van der Waals surface area contributed by atoms with E-state index >= 15 is 0 Å². The number of carbonyl (C=O) groups is 4. The molecule has 4 aromatic carbocycles. The quantitative estimate of drug-likeness (QED) is 0.193. The van der Waals surface area contributed by atoms with Crippen molar-refractivity contribution in [1.29, 1.82) is 0 Å². The lowest BCUT2D eigenvalue weighted by Gasteiger charge is -2.42. The lowest BCUT2D eigenvalue weighted by Crippen LogP contribution is -2.76. The number of hydrogen-bond acceptors (Lipinski definition) is 11. The number of anilines is 2. The molecular weight excluding hydrogens is 608 g/mol. The molecule has 10 nitrogen and oxygen atoms in total. The van der Waals surface area contributed by atoms with Gasteiger partial charge in [-0.1, -0.05) is 96.7 Å². The highest BCUT2D eigenvalue weighted by atomic mass is 32.2. The van der Waals surface area contributed by atoms with Crippen molar-refractivity contribution >= 4 is 46.6 Å². The number of hydrogen-bond donors (Lipinski definition) is 2. The summed E-state index contributed by atoms with van der Waals surface area (Å²) in [6.45, 7) is 3.27. The van der Waals surface area contributed by atoms with Crippen LogP contribution < -0.4 is 15.1 Å². The van der Waals surface area contributed by atoms with Gasteiger partial charge in [0.05, 0.1) is 23.3 Å². The van der Waals surface area contributed by atoms with E-state index in [2.05, 4.69) is 79.3 Å². The van der Waals surface area contributed by atoms with Gasteiger partial charge >= 0.3 is 0 Å². The molecule has 0 saturated heterocycles. The zero-order valence-corrected chi connectivity index (χ0v) is 26.1. The standard InChI is InChI=1S/C18H14O8.C17H20N2S/c19-13(11-7-3-1-4-8-11)17(25,15(21)22)18(26,16(23)24)14(20)12-9-5-2-6-10-12;1-13(18(2)3)12-19-14-8-4-6-10-16(14)20-17-11-7-5-9-15(17)19/h1-10,25-26H,(H,21,22)(H,23,24);4-11,13H,12H2,1-3H3/p-2/t17-,18-;/m1./s1. The fraction of sp³-hybridized carbons (Fsp3) is 0.200. The average molecular weight is 641 g/mol. The van der Waals surface area contributed by atoms with Crippen LogP contribution in [0.25, 0.3) is 0 Å². The molecule has 2 N–H and O–H groups in total. The van der Waals surface area contributed by atoms with Crippen molar-refractivity contribution in [2.75, 3.05) is 25.5 Å². The molecule has 0 aliphatic carbocycles. The lowest BCUT2D eigenvalue weighted by molar-refractivity contribution is -0.346. The average Bonchev–Trinajstić information content (AvgIpc) is 3.07. The van der Waals surface area contributed by atoms with Gasteiger partial charge in [-0.2, -0.15) is 0 Å². The van der Waals surface area contributed by atoms with Gasteiger partial charge in [-0.3, -0.25) is 9.59 Å². The molecule has 0 radical (unpaired) electrons. The van der Waals surface area contributed by atoms with Gasteiger partial charge in [0, 0.05) is 33.5 Å². The van der Waals surface area contributed by atoms with Crippen molar-refractivity contribution in [1.82, 2.24) is 4.90 Å². The molecule has 1 aliphatic rings. The fourth-order valence-electron chi connectivity index (χ4n) is 4.81. The molecular formula is C35H32N2O8S-2. The molecule has 0 aromatic heterocycles. The first-order valence-corrected chi connectivity index (χ1v) is 15.0. The first-order chi connectivity index (χ1) is 21.8. The van der Waals surface area contributed by atoms with Crippen LogP contribution in [0.3, 0.4) is 0 Å². The molecule has 0 spiro atoms. The molecule has 0 amide bonds. The highest BCUT2D eigenvalue weighted by molar-refractivity contribution is 7.99. The number of ketones is 2. The van der Waals surface area contributed by atoms with Gasteiger partial charge in [0.1, 0.15) is 0 Å². The van der Waals surface area contributed by atoms with Gasteiger partial charge < -0.3 is 39.8 Å². The molecule has 4 aromatic rings. The van der Waals surface area contributed by atoms with E-state index < -0.39 is 45.8 Å². The van der Waals surface area contributed by atoms with E-state index in [1.165, 1.54) is 57.6 Å². The molecule has 0 bridgehead atoms. The number of fused-ring (bicyclic) bond motifs is 2. The maximum absolute atomic E-state index is 12.5. The van der Waals surface area contributed by atoms with Gasteiger partial charge in [0.15, 0.2) is 0 Å². The van der Waals surface area contributed by atoms with Crippen LogP contribution in [0.4, 0.5) is 11.4 Å². The molecule has 238 valence electrons. The summed E-state index contributed by atoms with van der Waals surface area (Å²) in [4.78, 5) is 55.5. The Morgan fingerprint density at radius 2 is 1.02 bits per heavy atom. The lowest BCUT2D eigenvalue weighted by atomic mass is 9.73. The first-order valence-electron chi connectivity index (χ1n) is 14.2. The Labute approximate surface area is 270 Å². The number of carboxylic acids is 2. The van der Waals surface area contributed by atoms with E-state index in [0.29, 0.717) is 6.04 Å². The summed E-state index contributed by atoms with van der Waals surface area (Å²) >= 11 is 1.87. The highest BCUT2D eigenvalue weighted by Crippen LogP contribution is 2.47. The second-order valence-corrected chi connectivity index (χ2v) is 11.9. The van der Waals surface area contributed by atoms with E-state index in [-0.39, 0.29) is 0 Å². The van der Waals surface area contributed by atoms with Crippen molar-refractivity contribution in [2.24, 2.45) is 0 Å². The van der Waals surface area contributed by atoms with E-state index in [9.17, 15) is 39.6 Å². The number of aliphatic hydroxyl groups is 2. The molecule has 5 rings (SSSR count). The number of para-hydroxylation sites is 2. The van der Waals surface area contributed by atoms with Gasteiger partial charge in [0.2, 0.25) is 22.8 Å². The maximum Gasteiger partial charge on any atom is 0.209 e. The number of carboxylic acid groups (broad SMARTS) is 2. The zero-order valence-electron chi connectivity index (χ0n) is 25.3. The number of carbonyl (C=O) groups excluding carboxylic acids is 4. The SMILES string of the molecule is CC(CN1c2ccccc2Sc2ccccc21)N(C)C.O=C([O-])[C@](O)(C(=O)c1ccccc1)[C@](O)(C(=O)[O-])C(=O)c1ccccc1. The van der Waals surface area contributed by atoms with Crippen LogP contribution in [0.2, 0.25) is 0 Å². The van der Waals surface area contributed by atoms with E-state index in [4.69, 9.17) is 0 Å². The van der Waals surface area contributed by atoms with Gasteiger partial charge in [0.25, 0.3) is 0 Å². The third kappa shape index (κ3) is 6.44.